The molecule has 2 rings (SSSR count). The van der Waals surface area contributed by atoms with Gasteiger partial charge in [-0.05, 0) is 19.4 Å². The molecule has 102 valence electrons. The molecule has 6 nitrogen and oxygen atoms in total. The number of methoxy groups -OCH3 is 1. The van der Waals surface area contributed by atoms with E-state index in [2.05, 4.69) is 15.1 Å². The number of hydrogen-bond acceptors (Lipinski definition) is 6. The fraction of sp³-hybridized carbons (Fsp3) is 0.462. The summed E-state index contributed by atoms with van der Waals surface area (Å²) in [4.78, 5) is 8.53. The molecular formula is C13H18N4O2. The molecule has 2 aromatic heterocycles. The van der Waals surface area contributed by atoms with E-state index in [0.29, 0.717) is 24.1 Å². The summed E-state index contributed by atoms with van der Waals surface area (Å²) >= 11 is 0. The third-order valence-corrected chi connectivity index (χ3v) is 3.38. The molecule has 0 amide bonds. The van der Waals surface area contributed by atoms with Crippen LogP contribution in [0, 0.1) is 0 Å². The van der Waals surface area contributed by atoms with Gasteiger partial charge in [-0.3, -0.25) is 0 Å². The predicted octanol–water partition coefficient (Wildman–Crippen LogP) is 1.77. The first-order valence-electron chi connectivity index (χ1n) is 6.17. The Morgan fingerprint density at radius 3 is 2.74 bits per heavy atom. The van der Waals surface area contributed by atoms with Gasteiger partial charge in [0.15, 0.2) is 0 Å². The first-order valence-corrected chi connectivity index (χ1v) is 6.17. The fourth-order valence-electron chi connectivity index (χ4n) is 1.60. The van der Waals surface area contributed by atoms with E-state index >= 15 is 0 Å². The summed E-state index contributed by atoms with van der Waals surface area (Å²) in [7, 11) is 1.57. The first kappa shape index (κ1) is 13.5. The molecule has 19 heavy (non-hydrogen) atoms. The summed E-state index contributed by atoms with van der Waals surface area (Å²) < 4.78 is 10.3. The van der Waals surface area contributed by atoms with Crippen molar-refractivity contribution >= 4 is 0 Å². The molecule has 0 aromatic carbocycles. The lowest BCUT2D eigenvalue weighted by Gasteiger charge is -2.20. The number of pyridine rings is 1. The van der Waals surface area contributed by atoms with Gasteiger partial charge in [0.05, 0.1) is 12.5 Å². The van der Waals surface area contributed by atoms with Crippen LogP contribution in [-0.4, -0.2) is 28.8 Å². The molecule has 1 atom stereocenters. The maximum Gasteiger partial charge on any atom is 0.234 e. The number of nitrogens with zero attached hydrogens (tertiary/aromatic N) is 3. The van der Waals surface area contributed by atoms with Crippen LogP contribution in [0.3, 0.4) is 0 Å². The van der Waals surface area contributed by atoms with Gasteiger partial charge in [-0.1, -0.05) is 12.1 Å². The summed E-state index contributed by atoms with van der Waals surface area (Å²) in [6.45, 7) is 4.52. The van der Waals surface area contributed by atoms with Gasteiger partial charge < -0.3 is 15.0 Å². The second-order valence-electron chi connectivity index (χ2n) is 4.63. The normalized spacial score (nSPS) is 14.1. The molecule has 2 heterocycles. The van der Waals surface area contributed by atoms with E-state index in [0.717, 1.165) is 12.0 Å². The highest BCUT2D eigenvalue weighted by Gasteiger charge is 2.29. The monoisotopic (exact) mass is 262 g/mol. The fourth-order valence-corrected chi connectivity index (χ4v) is 1.60. The molecule has 0 spiro atoms. The lowest BCUT2D eigenvalue weighted by molar-refractivity contribution is 0.291. The molecule has 0 aliphatic heterocycles. The van der Waals surface area contributed by atoms with Crippen LogP contribution < -0.4 is 10.5 Å². The average Bonchev–Trinajstić information content (AvgIpc) is 2.97. The standard InChI is InChI=1S/C13H18N4O2/c1-4-13(2,8-14)12-16-11(17-19-12)9-5-6-10(18-3)15-7-9/h5-7H,4,8,14H2,1-3H3. The minimum atomic E-state index is -0.287. The number of rotatable bonds is 5. The van der Waals surface area contributed by atoms with Gasteiger partial charge >= 0.3 is 0 Å². The van der Waals surface area contributed by atoms with E-state index in [-0.39, 0.29) is 5.41 Å². The second-order valence-corrected chi connectivity index (χ2v) is 4.63. The van der Waals surface area contributed by atoms with Crippen LogP contribution in [0.2, 0.25) is 0 Å². The molecule has 0 radical (unpaired) electrons. The van der Waals surface area contributed by atoms with E-state index in [1.807, 2.05) is 19.9 Å². The Hall–Kier alpha value is -1.95. The van der Waals surface area contributed by atoms with Crippen LogP contribution in [0.15, 0.2) is 22.9 Å². The van der Waals surface area contributed by atoms with E-state index in [9.17, 15) is 0 Å². The van der Waals surface area contributed by atoms with Gasteiger partial charge in [-0.2, -0.15) is 4.98 Å². The van der Waals surface area contributed by atoms with Crippen LogP contribution in [-0.2, 0) is 5.41 Å². The van der Waals surface area contributed by atoms with Crippen LogP contribution in [0.5, 0.6) is 5.88 Å². The van der Waals surface area contributed by atoms with E-state index in [4.69, 9.17) is 15.0 Å². The van der Waals surface area contributed by atoms with Crippen molar-refractivity contribution in [1.29, 1.82) is 0 Å². The van der Waals surface area contributed by atoms with Crippen LogP contribution in [0.25, 0.3) is 11.4 Å². The molecule has 6 heteroatoms. The van der Waals surface area contributed by atoms with Crippen molar-refractivity contribution in [2.24, 2.45) is 5.73 Å². The Bertz CT molecular complexity index is 532. The number of hydrogen-bond donors (Lipinski definition) is 1. The van der Waals surface area contributed by atoms with Crippen molar-refractivity contribution in [2.75, 3.05) is 13.7 Å². The zero-order valence-electron chi connectivity index (χ0n) is 11.4. The molecule has 0 saturated heterocycles. The maximum absolute atomic E-state index is 5.78. The molecule has 1 unspecified atom stereocenters. The molecule has 0 bridgehead atoms. The Balaban J connectivity index is 2.29. The third kappa shape index (κ3) is 2.58. The molecule has 0 saturated carbocycles. The molecule has 0 aliphatic carbocycles. The smallest absolute Gasteiger partial charge is 0.234 e. The molecule has 0 fully saturated rings. The van der Waals surface area contributed by atoms with Crippen molar-refractivity contribution in [3.8, 4) is 17.3 Å². The Kier molecular flexibility index (Phi) is 3.80. The number of nitrogens with two attached hydrogens (primary N) is 1. The molecule has 2 aromatic rings. The number of aromatic nitrogens is 3. The highest BCUT2D eigenvalue weighted by atomic mass is 16.5. The van der Waals surface area contributed by atoms with Crippen molar-refractivity contribution in [3.63, 3.8) is 0 Å². The summed E-state index contributed by atoms with van der Waals surface area (Å²) in [6, 6.07) is 3.60. The van der Waals surface area contributed by atoms with Gasteiger partial charge in [-0.25, -0.2) is 4.98 Å². The first-order chi connectivity index (χ1) is 9.12. The van der Waals surface area contributed by atoms with Gasteiger partial charge in [-0.15, -0.1) is 0 Å². The Labute approximate surface area is 112 Å². The van der Waals surface area contributed by atoms with Crippen LogP contribution in [0.4, 0.5) is 0 Å². The van der Waals surface area contributed by atoms with E-state index in [1.165, 1.54) is 0 Å². The topological polar surface area (TPSA) is 87.1 Å². The second kappa shape index (κ2) is 5.36. The van der Waals surface area contributed by atoms with E-state index in [1.54, 1.807) is 19.4 Å². The summed E-state index contributed by atoms with van der Waals surface area (Å²) in [5, 5.41) is 3.98. The molecule has 0 aliphatic rings. The predicted molar refractivity (Wildman–Crippen MR) is 70.8 cm³/mol. The zero-order valence-corrected chi connectivity index (χ0v) is 11.4. The quantitative estimate of drug-likeness (QED) is 0.883. The van der Waals surface area contributed by atoms with Gasteiger partial charge in [0, 0.05) is 24.4 Å². The highest BCUT2D eigenvalue weighted by Crippen LogP contribution is 2.27. The SMILES string of the molecule is CCC(C)(CN)c1nc(-c2ccc(OC)nc2)no1. The van der Waals surface area contributed by atoms with Crippen molar-refractivity contribution < 1.29 is 9.26 Å². The molecule has 2 N–H and O–H groups in total. The minimum Gasteiger partial charge on any atom is -0.481 e. The Morgan fingerprint density at radius 1 is 1.42 bits per heavy atom. The van der Waals surface area contributed by atoms with Gasteiger partial charge in [0.2, 0.25) is 17.6 Å². The van der Waals surface area contributed by atoms with Crippen LogP contribution in [0.1, 0.15) is 26.2 Å². The third-order valence-electron chi connectivity index (χ3n) is 3.38. The molecular weight excluding hydrogens is 244 g/mol. The highest BCUT2D eigenvalue weighted by molar-refractivity contribution is 5.53. The largest absolute Gasteiger partial charge is 0.481 e. The van der Waals surface area contributed by atoms with Crippen LogP contribution >= 0.6 is 0 Å². The Morgan fingerprint density at radius 2 is 2.21 bits per heavy atom. The summed E-state index contributed by atoms with van der Waals surface area (Å²) in [6.07, 6.45) is 2.49. The van der Waals surface area contributed by atoms with E-state index < -0.39 is 0 Å². The van der Waals surface area contributed by atoms with Crippen molar-refractivity contribution in [3.05, 3.63) is 24.2 Å². The van der Waals surface area contributed by atoms with Crippen molar-refractivity contribution in [2.45, 2.75) is 25.7 Å². The lowest BCUT2D eigenvalue weighted by Crippen LogP contribution is -2.31. The van der Waals surface area contributed by atoms with Gasteiger partial charge in [0.25, 0.3) is 0 Å². The summed E-state index contributed by atoms with van der Waals surface area (Å²) in [5.41, 5.74) is 6.28. The van der Waals surface area contributed by atoms with Crippen molar-refractivity contribution in [1.82, 2.24) is 15.1 Å². The van der Waals surface area contributed by atoms with Gasteiger partial charge in [0.1, 0.15) is 0 Å². The average molecular weight is 262 g/mol. The zero-order chi connectivity index (χ0) is 13.9. The number of ether oxygens (including phenoxy) is 1. The maximum atomic E-state index is 5.78. The lowest BCUT2D eigenvalue weighted by atomic mass is 9.88. The summed E-state index contributed by atoms with van der Waals surface area (Å²) in [5.74, 6) is 1.62. The minimum absolute atomic E-state index is 0.287.